The van der Waals surface area contributed by atoms with Crippen LogP contribution in [0.3, 0.4) is 0 Å². The van der Waals surface area contributed by atoms with Gasteiger partial charge in [0.25, 0.3) is 5.91 Å². The Morgan fingerprint density at radius 1 is 1.00 bits per heavy atom. The maximum absolute atomic E-state index is 14.7. The molecule has 3 aliphatic heterocycles. The van der Waals surface area contributed by atoms with Crippen LogP contribution in [0.4, 0.5) is 0 Å². The standard InChI is InChI=1S/C42H55N5O9S/c1-40(18-19-40)57(52,53)46-39(51)42-24-28(42)14-9-6-4-5-8-12-26-20-35(48)56-41(2)23-27(41)13-10-7-11-15-32-37(44-33-21-29(54-3)16-17-31(33)43-32)55-30-22-34(36(49)45-42)47(25-30)38(26)50/h9,14,16-17,21,26-28,30,34H,4-8,10-13,15,18-20,22-25H2,1-3H3,(H,45,49)(H,46,51)/b14-9-/t26-,27-,28-,30-,34+,41-,42-/m1/s1. The molecule has 3 bridgehead atoms. The summed E-state index contributed by atoms with van der Waals surface area (Å²) in [6, 6.07) is 4.42. The Labute approximate surface area is 334 Å². The minimum absolute atomic E-state index is 0.0365. The molecule has 0 spiro atoms. The first-order chi connectivity index (χ1) is 27.2. The molecule has 1 saturated heterocycles. The van der Waals surface area contributed by atoms with Gasteiger partial charge < -0.3 is 24.4 Å². The number of hydrogen-bond acceptors (Lipinski definition) is 11. The monoisotopic (exact) mass is 805 g/mol. The molecule has 308 valence electrons. The molecule has 4 heterocycles. The number of nitrogens with one attached hydrogen (secondary N) is 2. The number of aromatic nitrogens is 2. The SMILES string of the molecule is COc1ccc2nc3c(nc2c1)O[C@@H]1C[C@H]2C(=O)N[C@]4(C(=O)NS(=O)(=O)C5(C)CC5)C[C@H]4/C=C\CCCCC[C@H](CC(=O)O[C@]4(C)C[C@H]4CCCCC3)C(=O)N2C1. The van der Waals surface area contributed by atoms with Crippen molar-refractivity contribution < 1.29 is 41.8 Å². The number of methoxy groups -OCH3 is 1. The number of sulfonamides is 1. The van der Waals surface area contributed by atoms with Crippen molar-refractivity contribution in [2.75, 3.05) is 13.7 Å². The predicted octanol–water partition coefficient (Wildman–Crippen LogP) is 4.83. The summed E-state index contributed by atoms with van der Waals surface area (Å²) in [6.07, 6.45) is 12.9. The molecule has 3 aliphatic carbocycles. The molecule has 7 atom stereocenters. The second kappa shape index (κ2) is 15.2. The molecular formula is C42H55N5O9S. The van der Waals surface area contributed by atoms with Crippen LogP contribution in [0.15, 0.2) is 30.4 Å². The van der Waals surface area contributed by atoms with Crippen molar-refractivity contribution in [2.45, 2.75) is 145 Å². The minimum Gasteiger partial charge on any atom is -0.497 e. The third-order valence-corrected chi connectivity index (χ3v) is 15.5. The van der Waals surface area contributed by atoms with Gasteiger partial charge in [-0.25, -0.2) is 18.4 Å². The molecule has 1 aromatic heterocycles. The van der Waals surface area contributed by atoms with E-state index in [1.54, 1.807) is 20.1 Å². The number of amides is 3. The third-order valence-electron chi connectivity index (χ3n) is 13.4. The van der Waals surface area contributed by atoms with Gasteiger partial charge in [-0.2, -0.15) is 0 Å². The lowest BCUT2D eigenvalue weighted by atomic mass is 9.95. The Bertz CT molecular complexity index is 2090. The zero-order valence-electron chi connectivity index (χ0n) is 33.2. The van der Waals surface area contributed by atoms with E-state index in [-0.39, 0.29) is 37.6 Å². The summed E-state index contributed by atoms with van der Waals surface area (Å²) in [4.78, 5) is 68.2. The van der Waals surface area contributed by atoms with Crippen LogP contribution in [0, 0.1) is 17.8 Å². The molecule has 2 N–H and O–H groups in total. The molecule has 0 radical (unpaired) electrons. The van der Waals surface area contributed by atoms with Crippen molar-refractivity contribution in [3.8, 4) is 11.6 Å². The van der Waals surface area contributed by atoms with Gasteiger partial charge in [0.05, 0.1) is 35.9 Å². The van der Waals surface area contributed by atoms with Gasteiger partial charge in [-0.15, -0.1) is 0 Å². The Kier molecular flexibility index (Phi) is 10.5. The summed E-state index contributed by atoms with van der Waals surface area (Å²) in [5.41, 5.74) is -0.0846. The van der Waals surface area contributed by atoms with Gasteiger partial charge in [0.2, 0.25) is 27.7 Å². The number of nitrogens with zero attached hydrogens (tertiary/aromatic N) is 3. The normalized spacial score (nSPS) is 33.6. The summed E-state index contributed by atoms with van der Waals surface area (Å²) in [7, 11) is -2.40. The molecule has 1 aromatic carbocycles. The largest absolute Gasteiger partial charge is 0.497 e. The second-order valence-corrected chi connectivity index (χ2v) is 19.9. The highest BCUT2D eigenvalue weighted by molar-refractivity contribution is 7.91. The van der Waals surface area contributed by atoms with Gasteiger partial charge in [0.1, 0.15) is 34.7 Å². The third kappa shape index (κ3) is 8.09. The van der Waals surface area contributed by atoms with Crippen molar-refractivity contribution in [2.24, 2.45) is 17.8 Å². The van der Waals surface area contributed by atoms with Gasteiger partial charge in [-0.1, -0.05) is 37.8 Å². The highest BCUT2D eigenvalue weighted by Gasteiger charge is 2.63. The maximum Gasteiger partial charge on any atom is 0.307 e. The van der Waals surface area contributed by atoms with Gasteiger partial charge in [-0.05, 0) is 90.2 Å². The van der Waals surface area contributed by atoms with E-state index in [4.69, 9.17) is 24.2 Å². The predicted molar refractivity (Wildman–Crippen MR) is 209 cm³/mol. The summed E-state index contributed by atoms with van der Waals surface area (Å²) in [6.45, 7) is 3.61. The van der Waals surface area contributed by atoms with Crippen molar-refractivity contribution in [1.82, 2.24) is 24.9 Å². The fraction of sp³-hybridized carbons (Fsp3) is 0.667. The molecule has 2 aromatic rings. The van der Waals surface area contributed by atoms with E-state index in [0.717, 1.165) is 51.4 Å². The van der Waals surface area contributed by atoms with Crippen molar-refractivity contribution in [1.29, 1.82) is 0 Å². The Morgan fingerprint density at radius 3 is 2.58 bits per heavy atom. The van der Waals surface area contributed by atoms with Crippen LogP contribution in [-0.4, -0.2) is 88.7 Å². The van der Waals surface area contributed by atoms with Gasteiger partial charge in [0, 0.05) is 30.2 Å². The van der Waals surface area contributed by atoms with Crippen LogP contribution in [0.5, 0.6) is 11.6 Å². The Hall–Kier alpha value is -4.27. The summed E-state index contributed by atoms with van der Waals surface area (Å²) < 4.78 is 45.8. The van der Waals surface area contributed by atoms with Crippen molar-refractivity contribution in [3.05, 3.63) is 36.0 Å². The van der Waals surface area contributed by atoms with E-state index in [0.29, 0.717) is 60.5 Å². The number of benzene rings is 1. The fourth-order valence-corrected chi connectivity index (χ4v) is 10.3. The molecule has 3 saturated carbocycles. The number of allylic oxidation sites excluding steroid dienone is 1. The Morgan fingerprint density at radius 2 is 1.79 bits per heavy atom. The minimum atomic E-state index is -3.98. The van der Waals surface area contributed by atoms with E-state index in [1.165, 1.54) is 4.90 Å². The number of hydrogen-bond donors (Lipinski definition) is 2. The quantitative estimate of drug-likeness (QED) is 0.319. The molecular weight excluding hydrogens is 751 g/mol. The molecule has 0 unspecified atom stereocenters. The average molecular weight is 806 g/mol. The molecule has 15 heteroatoms. The molecule has 57 heavy (non-hydrogen) atoms. The number of ether oxygens (including phenoxy) is 3. The van der Waals surface area contributed by atoms with E-state index in [2.05, 4.69) is 10.0 Å². The topological polar surface area (TPSA) is 183 Å². The zero-order chi connectivity index (χ0) is 40.2. The average Bonchev–Trinajstić information content (AvgIpc) is 4.12. The van der Waals surface area contributed by atoms with Crippen LogP contribution < -0.4 is 19.5 Å². The molecule has 6 aliphatic rings. The number of fused-ring (bicyclic) bond motifs is 6. The maximum atomic E-state index is 14.7. The molecule has 4 fully saturated rings. The van der Waals surface area contributed by atoms with Crippen LogP contribution in [0.2, 0.25) is 0 Å². The zero-order valence-corrected chi connectivity index (χ0v) is 34.0. The number of rotatable bonds is 4. The van der Waals surface area contributed by atoms with Gasteiger partial charge >= 0.3 is 5.97 Å². The van der Waals surface area contributed by atoms with E-state index < -0.39 is 67.7 Å². The summed E-state index contributed by atoms with van der Waals surface area (Å²) >= 11 is 0. The van der Waals surface area contributed by atoms with E-state index in [1.807, 2.05) is 31.2 Å². The summed E-state index contributed by atoms with van der Waals surface area (Å²) in [5.74, 6) is -2.07. The smallest absolute Gasteiger partial charge is 0.307 e. The molecule has 8 rings (SSSR count). The van der Waals surface area contributed by atoms with Crippen LogP contribution >= 0.6 is 0 Å². The Balaban J connectivity index is 1.14. The first-order valence-electron chi connectivity index (χ1n) is 20.8. The number of aryl methyl sites for hydroxylation is 1. The highest BCUT2D eigenvalue weighted by atomic mass is 32.2. The molecule has 3 amide bonds. The lowest BCUT2D eigenvalue weighted by Gasteiger charge is -2.29. The number of carbonyl (C=O) groups is 4. The lowest BCUT2D eigenvalue weighted by molar-refractivity contribution is -0.156. The van der Waals surface area contributed by atoms with Crippen molar-refractivity contribution in [3.63, 3.8) is 0 Å². The lowest BCUT2D eigenvalue weighted by Crippen LogP contribution is -2.57. The van der Waals surface area contributed by atoms with Gasteiger partial charge in [-0.3, -0.25) is 23.9 Å². The first-order valence-corrected chi connectivity index (χ1v) is 22.3. The van der Waals surface area contributed by atoms with E-state index in [9.17, 15) is 27.6 Å². The van der Waals surface area contributed by atoms with Crippen LogP contribution in [-0.2, 0) is 40.4 Å². The van der Waals surface area contributed by atoms with Gasteiger partial charge in [0.15, 0.2) is 0 Å². The van der Waals surface area contributed by atoms with E-state index >= 15 is 0 Å². The number of carbonyl (C=O) groups excluding carboxylic acids is 4. The second-order valence-electron chi connectivity index (χ2n) is 17.7. The summed E-state index contributed by atoms with van der Waals surface area (Å²) in [5, 5.41) is 2.94. The highest BCUT2D eigenvalue weighted by Crippen LogP contribution is 2.50. The first kappa shape index (κ1) is 39.6. The van der Waals surface area contributed by atoms with Crippen LogP contribution in [0.1, 0.15) is 116 Å². The molecule has 14 nitrogen and oxygen atoms in total. The van der Waals surface area contributed by atoms with Crippen LogP contribution in [0.25, 0.3) is 11.0 Å². The van der Waals surface area contributed by atoms with Crippen molar-refractivity contribution >= 4 is 44.7 Å². The fourth-order valence-electron chi connectivity index (χ4n) is 9.00. The number of esters is 1.